The average Bonchev–Trinajstić information content (AvgIpc) is 3.78. The van der Waals surface area contributed by atoms with Gasteiger partial charge < -0.3 is 18.8 Å². The number of thiophene rings is 1. The van der Waals surface area contributed by atoms with E-state index in [9.17, 15) is 0 Å². The van der Waals surface area contributed by atoms with Gasteiger partial charge in [-0.2, -0.15) is 0 Å². The summed E-state index contributed by atoms with van der Waals surface area (Å²) in [5, 5.41) is 7.21. The maximum Gasteiger partial charge on any atom is 0.135 e. The second kappa shape index (κ2) is 20.1. The summed E-state index contributed by atoms with van der Waals surface area (Å²) in [6, 6.07) is 112. The average molecular weight is 1080 g/mol. The van der Waals surface area contributed by atoms with Gasteiger partial charge in [-0.05, 0) is 184 Å². The Labute approximate surface area is 484 Å². The van der Waals surface area contributed by atoms with Crippen LogP contribution in [0.2, 0.25) is 0 Å². The highest BCUT2D eigenvalue weighted by molar-refractivity contribution is 7.25. The SMILES string of the molecule is c1ccc(-c2cc(-c3ccccc3)cc(N(c3ccc(-c4ccc5oc6ccc(-c7ccc8c9ccccc9n(-c9ccccc9)c8c7)cc6c5c4)cc3)c3ccc(N(c4ccccc4)c4ccc5sc6ccccc6c5c4)cc3)c2)cc1. The van der Waals surface area contributed by atoms with Crippen LogP contribution in [0.1, 0.15) is 0 Å². The molecule has 0 saturated heterocycles. The van der Waals surface area contributed by atoms with Crippen LogP contribution in [0.5, 0.6) is 0 Å². The fourth-order valence-electron chi connectivity index (χ4n) is 12.4. The minimum absolute atomic E-state index is 0.866. The van der Waals surface area contributed by atoms with E-state index in [4.69, 9.17) is 4.42 Å². The summed E-state index contributed by atoms with van der Waals surface area (Å²) in [6.07, 6.45) is 0. The minimum atomic E-state index is 0.866. The molecule has 0 amide bonds. The molecule has 0 N–H and O–H groups in total. The zero-order chi connectivity index (χ0) is 54.8. The Morgan fingerprint density at radius 3 is 1.34 bits per heavy atom. The Kier molecular flexibility index (Phi) is 11.7. The van der Waals surface area contributed by atoms with Gasteiger partial charge in [0, 0.05) is 81.5 Å². The Balaban J connectivity index is 0.794. The first-order chi connectivity index (χ1) is 41.1. The maximum atomic E-state index is 6.54. The van der Waals surface area contributed by atoms with Crippen LogP contribution in [0.3, 0.4) is 0 Å². The third kappa shape index (κ3) is 8.62. The van der Waals surface area contributed by atoms with Crippen molar-refractivity contribution >= 4 is 109 Å². The third-order valence-corrected chi connectivity index (χ3v) is 17.5. The predicted octanol–water partition coefficient (Wildman–Crippen LogP) is 22.7. The summed E-state index contributed by atoms with van der Waals surface area (Å²) in [6.45, 7) is 0. The predicted molar refractivity (Wildman–Crippen MR) is 352 cm³/mol. The Bertz CT molecular complexity index is 5010. The fraction of sp³-hybridized carbons (Fsp3) is 0. The molecule has 5 heteroatoms. The van der Waals surface area contributed by atoms with Crippen molar-refractivity contribution < 1.29 is 4.42 Å². The minimum Gasteiger partial charge on any atom is -0.456 e. The quantitative estimate of drug-likeness (QED) is 0.129. The second-order valence-electron chi connectivity index (χ2n) is 21.3. The number of furan rings is 1. The van der Waals surface area contributed by atoms with Crippen molar-refractivity contribution in [1.82, 2.24) is 4.57 Å². The number of aromatic nitrogens is 1. The summed E-state index contributed by atoms with van der Waals surface area (Å²) in [5.41, 5.74) is 20.8. The molecule has 0 aliphatic heterocycles. The Hall–Kier alpha value is -10.7. The van der Waals surface area contributed by atoms with E-state index in [1.54, 1.807) is 0 Å². The molecule has 3 aromatic heterocycles. The van der Waals surface area contributed by atoms with Crippen LogP contribution in [0, 0.1) is 0 Å². The van der Waals surface area contributed by atoms with E-state index in [0.717, 1.165) is 106 Å². The van der Waals surface area contributed by atoms with E-state index in [0.29, 0.717) is 0 Å². The molecule has 0 spiro atoms. The summed E-state index contributed by atoms with van der Waals surface area (Å²) in [7, 11) is 0. The lowest BCUT2D eigenvalue weighted by Crippen LogP contribution is -2.12. The first-order valence-electron chi connectivity index (χ1n) is 28.2. The van der Waals surface area contributed by atoms with Gasteiger partial charge in [-0.3, -0.25) is 0 Å². The van der Waals surface area contributed by atoms with Crippen molar-refractivity contribution in [2.24, 2.45) is 0 Å². The van der Waals surface area contributed by atoms with E-state index in [1.165, 1.54) is 42.0 Å². The van der Waals surface area contributed by atoms with E-state index in [2.05, 4.69) is 324 Å². The lowest BCUT2D eigenvalue weighted by Gasteiger charge is -2.29. The van der Waals surface area contributed by atoms with E-state index < -0.39 is 0 Å². The molecule has 0 bridgehead atoms. The molecule has 16 rings (SSSR count). The lowest BCUT2D eigenvalue weighted by molar-refractivity contribution is 0.669. The van der Waals surface area contributed by atoms with E-state index >= 15 is 0 Å². The van der Waals surface area contributed by atoms with Gasteiger partial charge in [0.1, 0.15) is 11.2 Å². The van der Waals surface area contributed by atoms with Crippen LogP contribution < -0.4 is 9.80 Å². The van der Waals surface area contributed by atoms with Crippen molar-refractivity contribution in [2.75, 3.05) is 9.80 Å². The molecule has 13 aromatic carbocycles. The van der Waals surface area contributed by atoms with Gasteiger partial charge in [0.2, 0.25) is 0 Å². The van der Waals surface area contributed by atoms with Gasteiger partial charge in [-0.25, -0.2) is 0 Å². The highest BCUT2D eigenvalue weighted by Crippen LogP contribution is 2.45. The largest absolute Gasteiger partial charge is 0.456 e. The number of hydrogen-bond acceptors (Lipinski definition) is 4. The second-order valence-corrected chi connectivity index (χ2v) is 22.4. The van der Waals surface area contributed by atoms with Gasteiger partial charge in [0.05, 0.1) is 11.0 Å². The number of rotatable bonds is 11. The van der Waals surface area contributed by atoms with Crippen LogP contribution in [-0.2, 0) is 0 Å². The highest BCUT2D eigenvalue weighted by Gasteiger charge is 2.21. The lowest BCUT2D eigenvalue weighted by atomic mass is 9.97. The van der Waals surface area contributed by atoms with Crippen molar-refractivity contribution in [2.45, 2.75) is 0 Å². The third-order valence-electron chi connectivity index (χ3n) is 16.3. The Morgan fingerprint density at radius 2 is 0.687 bits per heavy atom. The smallest absolute Gasteiger partial charge is 0.135 e. The highest BCUT2D eigenvalue weighted by atomic mass is 32.1. The molecule has 390 valence electrons. The van der Waals surface area contributed by atoms with E-state index in [1.807, 2.05) is 11.3 Å². The van der Waals surface area contributed by atoms with Crippen molar-refractivity contribution in [3.8, 4) is 50.2 Å². The zero-order valence-corrected chi connectivity index (χ0v) is 45.9. The van der Waals surface area contributed by atoms with Gasteiger partial charge in [0.15, 0.2) is 0 Å². The molecule has 16 aromatic rings. The summed E-state index contributed by atoms with van der Waals surface area (Å²) in [5.74, 6) is 0. The number of fused-ring (bicyclic) bond motifs is 9. The first kappa shape index (κ1) is 48.2. The Morgan fingerprint density at radius 1 is 0.241 bits per heavy atom. The number of nitrogens with zero attached hydrogens (tertiary/aromatic N) is 3. The summed E-state index contributed by atoms with van der Waals surface area (Å²) >= 11 is 1.85. The van der Waals surface area contributed by atoms with Crippen molar-refractivity contribution in [3.63, 3.8) is 0 Å². The van der Waals surface area contributed by atoms with Gasteiger partial charge in [-0.1, -0.05) is 170 Å². The molecular weight excluding hydrogens is 1030 g/mol. The molecule has 83 heavy (non-hydrogen) atoms. The standard InChI is InChI=1S/C78H51N3OS/c1-5-17-52(18-6-1)58-45-59(53-19-7-2-8-20-53)47-66(46-58)80(64-38-36-63(37-39-64)79(60-21-9-3-10-22-60)65-40-44-78-72(51-65)69-26-14-16-28-77(69)83-78)62-34-29-54(30-35-62)55-32-42-75-70(48-55)71-49-56(33-43-76(71)82-75)57-31-41-68-67-25-13-15-27-73(67)81(74(68)50-57)61-23-11-4-12-24-61/h1-51H. The number of para-hydroxylation sites is 3. The summed E-state index contributed by atoms with van der Waals surface area (Å²) < 4.78 is 11.5. The molecule has 0 aliphatic carbocycles. The normalized spacial score (nSPS) is 11.6. The molecule has 0 atom stereocenters. The topological polar surface area (TPSA) is 24.6 Å². The van der Waals surface area contributed by atoms with Crippen LogP contribution in [0.15, 0.2) is 314 Å². The molecule has 0 radical (unpaired) electrons. The van der Waals surface area contributed by atoms with Crippen molar-refractivity contribution in [1.29, 1.82) is 0 Å². The molecular formula is C78H51N3OS. The fourth-order valence-corrected chi connectivity index (χ4v) is 13.4. The number of anilines is 6. The number of hydrogen-bond donors (Lipinski definition) is 0. The van der Waals surface area contributed by atoms with Gasteiger partial charge in [0.25, 0.3) is 0 Å². The molecule has 0 fully saturated rings. The molecule has 4 nitrogen and oxygen atoms in total. The molecule has 0 unspecified atom stereocenters. The monoisotopic (exact) mass is 1080 g/mol. The van der Waals surface area contributed by atoms with Crippen LogP contribution in [0.4, 0.5) is 34.1 Å². The van der Waals surface area contributed by atoms with E-state index in [-0.39, 0.29) is 0 Å². The van der Waals surface area contributed by atoms with Gasteiger partial charge in [-0.15, -0.1) is 11.3 Å². The zero-order valence-electron chi connectivity index (χ0n) is 45.1. The number of benzene rings is 13. The van der Waals surface area contributed by atoms with Gasteiger partial charge >= 0.3 is 0 Å². The molecule has 0 aliphatic rings. The van der Waals surface area contributed by atoms with Crippen LogP contribution in [-0.4, -0.2) is 4.57 Å². The maximum absolute atomic E-state index is 6.54. The van der Waals surface area contributed by atoms with Crippen LogP contribution >= 0.6 is 11.3 Å². The van der Waals surface area contributed by atoms with Crippen LogP contribution in [0.25, 0.3) is 114 Å². The molecule has 0 saturated carbocycles. The molecule has 3 heterocycles. The first-order valence-corrected chi connectivity index (χ1v) is 29.0. The van der Waals surface area contributed by atoms with Crippen molar-refractivity contribution in [3.05, 3.63) is 309 Å². The summed E-state index contributed by atoms with van der Waals surface area (Å²) in [4.78, 5) is 4.76.